The van der Waals surface area contributed by atoms with E-state index >= 15 is 0 Å². The van der Waals surface area contributed by atoms with E-state index in [1.165, 1.54) is 11.8 Å². The summed E-state index contributed by atoms with van der Waals surface area (Å²) in [7, 11) is 0. The van der Waals surface area contributed by atoms with E-state index in [-0.39, 0.29) is 5.63 Å². The van der Waals surface area contributed by atoms with Crippen molar-refractivity contribution >= 4 is 54.6 Å². The minimum Gasteiger partial charge on any atom is -0.421 e. The molecule has 0 atom stereocenters. The smallest absolute Gasteiger partial charge is 0.350 e. The average Bonchev–Trinajstić information content (AvgIpc) is 2.42. The molecule has 0 bridgehead atoms. The van der Waals surface area contributed by atoms with Gasteiger partial charge < -0.3 is 4.42 Å². The molecule has 0 saturated heterocycles. The van der Waals surface area contributed by atoms with Gasteiger partial charge in [-0.15, -0.1) is 0 Å². The summed E-state index contributed by atoms with van der Waals surface area (Å²) in [4.78, 5) is 13.6. The third-order valence-electron chi connectivity index (χ3n) is 2.69. The van der Waals surface area contributed by atoms with Gasteiger partial charge in [0, 0.05) is 14.8 Å². The normalized spacial score (nSPS) is 10.9. The number of halogens is 2. The van der Waals surface area contributed by atoms with E-state index < -0.39 is 0 Å². The fourth-order valence-corrected chi connectivity index (χ4v) is 4.02. The van der Waals surface area contributed by atoms with Gasteiger partial charge in [0.25, 0.3) is 0 Å². The van der Waals surface area contributed by atoms with Gasteiger partial charge in [-0.2, -0.15) is 0 Å². The van der Waals surface area contributed by atoms with Crippen molar-refractivity contribution in [1.29, 1.82) is 0 Å². The zero-order chi connectivity index (χ0) is 14.1. The van der Waals surface area contributed by atoms with E-state index in [1.54, 1.807) is 0 Å². The molecule has 20 heavy (non-hydrogen) atoms. The molecule has 0 aliphatic carbocycles. The highest BCUT2D eigenvalue weighted by Gasteiger charge is 2.10. The van der Waals surface area contributed by atoms with Crippen LogP contribution in [0.3, 0.4) is 0 Å². The van der Waals surface area contributed by atoms with E-state index in [1.807, 2.05) is 48.5 Å². The summed E-state index contributed by atoms with van der Waals surface area (Å²) in [6.45, 7) is 0. The van der Waals surface area contributed by atoms with Crippen molar-refractivity contribution < 1.29 is 4.42 Å². The van der Waals surface area contributed by atoms with E-state index in [9.17, 15) is 4.79 Å². The molecule has 0 amide bonds. The van der Waals surface area contributed by atoms with Crippen LogP contribution in [-0.4, -0.2) is 0 Å². The average molecular weight is 412 g/mol. The highest BCUT2D eigenvalue weighted by molar-refractivity contribution is 9.11. The monoisotopic (exact) mass is 410 g/mol. The van der Waals surface area contributed by atoms with Crippen LogP contribution < -0.4 is 5.63 Å². The number of benzene rings is 2. The van der Waals surface area contributed by atoms with Crippen LogP contribution in [0.5, 0.6) is 0 Å². The molecule has 100 valence electrons. The van der Waals surface area contributed by atoms with Gasteiger partial charge in [0.1, 0.15) is 0 Å². The minimum absolute atomic E-state index is 0.325. The number of fused-ring (bicyclic) bond motifs is 1. The standard InChI is InChI=1S/C15H8Br2O2S/c16-10-6-9-7-13(20-11-4-2-1-3-5-11)15(18)19-14(9)12(17)8-10/h1-8H. The third kappa shape index (κ3) is 2.85. The molecule has 3 aromatic rings. The molecule has 1 heterocycles. The highest BCUT2D eigenvalue weighted by Crippen LogP contribution is 2.31. The Labute approximate surface area is 136 Å². The lowest BCUT2D eigenvalue weighted by molar-refractivity contribution is 0.542. The fourth-order valence-electron chi connectivity index (χ4n) is 1.82. The van der Waals surface area contributed by atoms with Gasteiger partial charge in [-0.05, 0) is 46.3 Å². The first-order valence-corrected chi connectivity index (χ1v) is 8.19. The lowest BCUT2D eigenvalue weighted by Gasteiger charge is -2.04. The Balaban J connectivity index is 2.13. The number of hydrogen-bond donors (Lipinski definition) is 0. The Morgan fingerprint density at radius 2 is 1.75 bits per heavy atom. The van der Waals surface area contributed by atoms with Gasteiger partial charge in [-0.25, -0.2) is 4.79 Å². The van der Waals surface area contributed by atoms with Crippen molar-refractivity contribution in [1.82, 2.24) is 0 Å². The van der Waals surface area contributed by atoms with Gasteiger partial charge in [0.15, 0.2) is 5.58 Å². The Bertz CT molecular complexity index is 828. The van der Waals surface area contributed by atoms with Gasteiger partial charge in [-0.1, -0.05) is 45.9 Å². The maximum atomic E-state index is 12.1. The Morgan fingerprint density at radius 3 is 2.50 bits per heavy atom. The summed E-state index contributed by atoms with van der Waals surface area (Å²) >= 11 is 8.24. The maximum Gasteiger partial charge on any atom is 0.350 e. The molecule has 0 N–H and O–H groups in total. The lowest BCUT2D eigenvalue weighted by atomic mass is 10.2. The van der Waals surface area contributed by atoms with Crippen LogP contribution >= 0.6 is 43.6 Å². The summed E-state index contributed by atoms with van der Waals surface area (Å²) in [5.41, 5.74) is 0.241. The number of hydrogen-bond acceptors (Lipinski definition) is 3. The third-order valence-corrected chi connectivity index (χ3v) is 4.75. The van der Waals surface area contributed by atoms with E-state index in [2.05, 4.69) is 31.9 Å². The molecule has 0 radical (unpaired) electrons. The molecule has 0 aliphatic heterocycles. The second-order valence-electron chi connectivity index (χ2n) is 4.12. The first-order valence-electron chi connectivity index (χ1n) is 5.79. The summed E-state index contributed by atoms with van der Waals surface area (Å²) < 4.78 is 7.10. The van der Waals surface area contributed by atoms with Crippen LogP contribution in [-0.2, 0) is 0 Å². The summed E-state index contributed by atoms with van der Waals surface area (Å²) in [5.74, 6) is 0. The van der Waals surface area contributed by atoms with Crippen LogP contribution in [0.2, 0.25) is 0 Å². The second-order valence-corrected chi connectivity index (χ2v) is 7.00. The van der Waals surface area contributed by atoms with Crippen LogP contribution in [0, 0.1) is 0 Å². The molecule has 5 heteroatoms. The van der Waals surface area contributed by atoms with E-state index in [0.29, 0.717) is 10.5 Å². The molecule has 0 unspecified atom stereocenters. The molecular formula is C15H8Br2O2S. The van der Waals surface area contributed by atoms with Crippen LogP contribution in [0.1, 0.15) is 0 Å². The predicted molar refractivity (Wildman–Crippen MR) is 88.4 cm³/mol. The quantitative estimate of drug-likeness (QED) is 0.523. The van der Waals surface area contributed by atoms with Gasteiger partial charge in [-0.3, -0.25) is 0 Å². The molecule has 1 aromatic heterocycles. The number of rotatable bonds is 2. The van der Waals surface area contributed by atoms with Crippen molar-refractivity contribution in [2.24, 2.45) is 0 Å². The fraction of sp³-hybridized carbons (Fsp3) is 0. The maximum absolute atomic E-state index is 12.1. The van der Waals surface area contributed by atoms with E-state index in [0.717, 1.165) is 19.2 Å². The molecular weight excluding hydrogens is 404 g/mol. The zero-order valence-electron chi connectivity index (χ0n) is 10.1. The van der Waals surface area contributed by atoms with Crippen LogP contribution in [0.4, 0.5) is 0 Å². The molecule has 2 aromatic carbocycles. The molecule has 2 nitrogen and oxygen atoms in total. The molecule has 0 spiro atoms. The summed E-state index contributed by atoms with van der Waals surface area (Å²) in [5, 5.41) is 0.879. The molecule has 0 fully saturated rings. The highest BCUT2D eigenvalue weighted by atomic mass is 79.9. The minimum atomic E-state index is -0.325. The largest absolute Gasteiger partial charge is 0.421 e. The first kappa shape index (κ1) is 13.9. The van der Waals surface area contributed by atoms with Gasteiger partial charge in [0.05, 0.1) is 9.37 Å². The Morgan fingerprint density at radius 1 is 1.00 bits per heavy atom. The predicted octanol–water partition coefficient (Wildman–Crippen LogP) is 5.47. The van der Waals surface area contributed by atoms with Crippen molar-refractivity contribution in [2.45, 2.75) is 9.79 Å². The SMILES string of the molecule is O=c1oc2c(Br)cc(Br)cc2cc1Sc1ccccc1. The second kappa shape index (κ2) is 5.76. The van der Waals surface area contributed by atoms with E-state index in [4.69, 9.17) is 4.42 Å². The summed E-state index contributed by atoms with van der Waals surface area (Å²) in [6, 6.07) is 15.4. The lowest BCUT2D eigenvalue weighted by Crippen LogP contribution is -2.01. The summed E-state index contributed by atoms with van der Waals surface area (Å²) in [6.07, 6.45) is 0. The first-order chi connectivity index (χ1) is 9.63. The van der Waals surface area contributed by atoms with Crippen molar-refractivity contribution in [2.75, 3.05) is 0 Å². The Hall–Kier alpha value is -1.04. The van der Waals surface area contributed by atoms with Crippen molar-refractivity contribution in [3.05, 3.63) is 67.9 Å². The molecule has 0 saturated carbocycles. The molecule has 0 aliphatic rings. The zero-order valence-corrected chi connectivity index (χ0v) is 14.1. The van der Waals surface area contributed by atoms with Gasteiger partial charge >= 0.3 is 5.63 Å². The van der Waals surface area contributed by atoms with Gasteiger partial charge in [0.2, 0.25) is 0 Å². The van der Waals surface area contributed by atoms with Crippen LogP contribution in [0.15, 0.2) is 76.5 Å². The van der Waals surface area contributed by atoms with Crippen molar-refractivity contribution in [3.63, 3.8) is 0 Å². The van der Waals surface area contributed by atoms with Crippen molar-refractivity contribution in [3.8, 4) is 0 Å². The molecule has 3 rings (SSSR count). The Kier molecular flexibility index (Phi) is 4.01. The topological polar surface area (TPSA) is 30.2 Å². The van der Waals surface area contributed by atoms with Crippen LogP contribution in [0.25, 0.3) is 11.0 Å².